The summed E-state index contributed by atoms with van der Waals surface area (Å²) in [6.07, 6.45) is -4.87. The van der Waals surface area contributed by atoms with E-state index in [1.54, 1.807) is 0 Å². The Morgan fingerprint density at radius 2 is 2.00 bits per heavy atom. The van der Waals surface area contributed by atoms with E-state index in [0.717, 1.165) is 13.2 Å². The van der Waals surface area contributed by atoms with Crippen LogP contribution in [0.1, 0.15) is 10.4 Å². The molecule has 0 saturated heterocycles. The normalized spacial score (nSPS) is 11.1. The zero-order valence-corrected chi connectivity index (χ0v) is 10.1. The molecule has 0 aliphatic rings. The van der Waals surface area contributed by atoms with E-state index < -0.39 is 18.1 Å². The molecule has 0 aromatic heterocycles. The number of rotatable bonds is 2. The highest BCUT2D eigenvalue weighted by atomic mass is 79.9. The number of nitrogen functional groups attached to an aromatic ring is 1. The summed E-state index contributed by atoms with van der Waals surface area (Å²) in [5, 5.41) is 0. The van der Waals surface area contributed by atoms with Gasteiger partial charge in [-0.1, -0.05) is 0 Å². The fraction of sp³-hybridized carbons (Fsp3) is 0.222. The zero-order valence-electron chi connectivity index (χ0n) is 8.47. The smallest absolute Gasteiger partial charge is 0.465 e. The number of hydrogen-bond donors (Lipinski definition) is 1. The molecule has 1 rings (SSSR count). The molecule has 1 aromatic rings. The van der Waals surface area contributed by atoms with Crippen molar-refractivity contribution in [2.75, 3.05) is 12.8 Å². The molecule has 17 heavy (non-hydrogen) atoms. The van der Waals surface area contributed by atoms with Crippen LogP contribution in [0.3, 0.4) is 0 Å². The Morgan fingerprint density at radius 1 is 1.41 bits per heavy atom. The minimum Gasteiger partial charge on any atom is -0.465 e. The summed E-state index contributed by atoms with van der Waals surface area (Å²) in [5.74, 6) is -1.41. The SMILES string of the molecule is COC(=O)c1cc(N)c(Br)c(OC(F)(F)F)c1. The van der Waals surface area contributed by atoms with Crippen molar-refractivity contribution in [2.24, 2.45) is 0 Å². The third-order valence-corrected chi connectivity index (χ3v) is 2.56. The molecule has 1 aromatic carbocycles. The van der Waals surface area contributed by atoms with Gasteiger partial charge in [0.05, 0.1) is 22.8 Å². The number of ether oxygens (including phenoxy) is 2. The van der Waals surface area contributed by atoms with Crippen molar-refractivity contribution in [2.45, 2.75) is 6.36 Å². The molecule has 0 spiro atoms. The number of nitrogens with two attached hydrogens (primary N) is 1. The van der Waals surface area contributed by atoms with Crippen LogP contribution in [0.2, 0.25) is 0 Å². The second kappa shape index (κ2) is 4.82. The Morgan fingerprint density at radius 3 is 2.47 bits per heavy atom. The van der Waals surface area contributed by atoms with E-state index in [-0.39, 0.29) is 15.7 Å². The van der Waals surface area contributed by atoms with Crippen molar-refractivity contribution in [3.63, 3.8) is 0 Å². The summed E-state index contributed by atoms with van der Waals surface area (Å²) in [6.45, 7) is 0. The lowest BCUT2D eigenvalue weighted by Gasteiger charge is -2.13. The molecular formula is C9H7BrF3NO3. The van der Waals surface area contributed by atoms with Gasteiger partial charge in [0.25, 0.3) is 0 Å². The van der Waals surface area contributed by atoms with Crippen molar-refractivity contribution in [1.29, 1.82) is 0 Å². The molecule has 0 unspecified atom stereocenters. The number of esters is 1. The van der Waals surface area contributed by atoms with Crippen LogP contribution in [0.15, 0.2) is 16.6 Å². The van der Waals surface area contributed by atoms with Gasteiger partial charge in [-0.2, -0.15) is 0 Å². The van der Waals surface area contributed by atoms with Crippen LogP contribution in [-0.2, 0) is 4.74 Å². The van der Waals surface area contributed by atoms with Gasteiger partial charge < -0.3 is 15.2 Å². The third-order valence-electron chi connectivity index (χ3n) is 1.71. The second-order valence-corrected chi connectivity index (χ2v) is 3.71. The highest BCUT2D eigenvalue weighted by Crippen LogP contribution is 2.35. The first-order chi connectivity index (χ1) is 7.74. The van der Waals surface area contributed by atoms with E-state index in [2.05, 4.69) is 25.4 Å². The van der Waals surface area contributed by atoms with E-state index >= 15 is 0 Å². The predicted octanol–water partition coefficient (Wildman–Crippen LogP) is 2.72. The van der Waals surface area contributed by atoms with E-state index in [0.29, 0.717) is 0 Å². The lowest BCUT2D eigenvalue weighted by molar-refractivity contribution is -0.274. The van der Waals surface area contributed by atoms with E-state index in [1.807, 2.05) is 0 Å². The predicted molar refractivity (Wildman–Crippen MR) is 56.6 cm³/mol. The molecule has 0 fully saturated rings. The number of alkyl halides is 3. The van der Waals surface area contributed by atoms with Gasteiger partial charge >= 0.3 is 12.3 Å². The van der Waals surface area contributed by atoms with E-state index in [4.69, 9.17) is 5.73 Å². The molecule has 0 aliphatic carbocycles. The third kappa shape index (κ3) is 3.52. The summed E-state index contributed by atoms with van der Waals surface area (Å²) >= 11 is 2.84. The highest BCUT2D eigenvalue weighted by molar-refractivity contribution is 9.10. The summed E-state index contributed by atoms with van der Waals surface area (Å²) in [7, 11) is 1.10. The first-order valence-corrected chi connectivity index (χ1v) is 4.97. The van der Waals surface area contributed by atoms with Gasteiger partial charge in [0.15, 0.2) is 0 Å². The van der Waals surface area contributed by atoms with Gasteiger partial charge in [0.1, 0.15) is 5.75 Å². The van der Waals surface area contributed by atoms with Gasteiger partial charge in [-0.3, -0.25) is 0 Å². The Kier molecular flexibility index (Phi) is 3.87. The summed E-state index contributed by atoms with van der Waals surface area (Å²) in [6, 6.07) is 2.07. The Bertz CT molecular complexity index is 448. The zero-order chi connectivity index (χ0) is 13.2. The van der Waals surface area contributed by atoms with E-state index in [1.165, 1.54) is 6.07 Å². The van der Waals surface area contributed by atoms with Crippen LogP contribution in [0.5, 0.6) is 5.75 Å². The molecule has 0 atom stereocenters. The first kappa shape index (κ1) is 13.6. The largest absolute Gasteiger partial charge is 0.573 e. The van der Waals surface area contributed by atoms with Crippen LogP contribution in [0.25, 0.3) is 0 Å². The number of carbonyl (C=O) groups is 1. The van der Waals surface area contributed by atoms with Crippen molar-refractivity contribution in [3.05, 3.63) is 22.2 Å². The average Bonchev–Trinajstić information content (AvgIpc) is 2.21. The molecule has 0 saturated carbocycles. The molecule has 0 bridgehead atoms. The maximum absolute atomic E-state index is 12.1. The second-order valence-electron chi connectivity index (χ2n) is 2.92. The molecule has 0 amide bonds. The molecule has 0 aliphatic heterocycles. The summed E-state index contributed by atoms with van der Waals surface area (Å²) < 4.78 is 44.2. The summed E-state index contributed by atoms with van der Waals surface area (Å²) in [4.78, 5) is 11.2. The maximum Gasteiger partial charge on any atom is 0.573 e. The molecule has 94 valence electrons. The first-order valence-electron chi connectivity index (χ1n) is 4.17. The van der Waals surface area contributed by atoms with Gasteiger partial charge in [0.2, 0.25) is 0 Å². The van der Waals surface area contributed by atoms with E-state index in [9.17, 15) is 18.0 Å². The Labute approximate surface area is 103 Å². The quantitative estimate of drug-likeness (QED) is 0.673. The number of methoxy groups -OCH3 is 1. The maximum atomic E-state index is 12.1. The number of carbonyl (C=O) groups excluding carboxylic acids is 1. The molecule has 8 heteroatoms. The molecular weight excluding hydrogens is 307 g/mol. The minimum atomic E-state index is -4.87. The molecule has 0 heterocycles. The average molecular weight is 314 g/mol. The summed E-state index contributed by atoms with van der Waals surface area (Å²) in [5.41, 5.74) is 5.24. The molecule has 4 nitrogen and oxygen atoms in total. The monoisotopic (exact) mass is 313 g/mol. The van der Waals surface area contributed by atoms with Gasteiger partial charge in [0, 0.05) is 0 Å². The van der Waals surface area contributed by atoms with Crippen molar-refractivity contribution < 1.29 is 27.4 Å². The lowest BCUT2D eigenvalue weighted by atomic mass is 10.2. The number of anilines is 1. The molecule has 0 radical (unpaired) electrons. The lowest BCUT2D eigenvalue weighted by Crippen LogP contribution is -2.18. The topological polar surface area (TPSA) is 61.5 Å². The Balaban J connectivity index is 3.20. The minimum absolute atomic E-state index is 0.0628. The number of benzene rings is 1. The van der Waals surface area contributed by atoms with Crippen LogP contribution in [0, 0.1) is 0 Å². The fourth-order valence-electron chi connectivity index (χ4n) is 1.05. The van der Waals surface area contributed by atoms with Crippen LogP contribution in [0.4, 0.5) is 18.9 Å². The standard InChI is InChI=1S/C9H7BrF3NO3/c1-16-8(15)4-2-5(14)7(10)6(3-4)17-9(11,12)13/h2-3H,14H2,1H3. The number of halogens is 4. The van der Waals surface area contributed by atoms with Gasteiger partial charge in [-0.05, 0) is 28.1 Å². The van der Waals surface area contributed by atoms with Crippen molar-refractivity contribution in [3.8, 4) is 5.75 Å². The Hall–Kier alpha value is -1.44. The van der Waals surface area contributed by atoms with Crippen molar-refractivity contribution >= 4 is 27.6 Å². The van der Waals surface area contributed by atoms with Crippen LogP contribution in [-0.4, -0.2) is 19.4 Å². The van der Waals surface area contributed by atoms with Gasteiger partial charge in [-0.25, -0.2) is 4.79 Å². The number of hydrogen-bond acceptors (Lipinski definition) is 4. The van der Waals surface area contributed by atoms with Crippen LogP contribution >= 0.6 is 15.9 Å². The highest BCUT2D eigenvalue weighted by Gasteiger charge is 2.32. The fourth-order valence-corrected chi connectivity index (χ4v) is 1.36. The van der Waals surface area contributed by atoms with Gasteiger partial charge in [-0.15, -0.1) is 13.2 Å². The van der Waals surface area contributed by atoms with Crippen LogP contribution < -0.4 is 10.5 Å². The van der Waals surface area contributed by atoms with Crippen molar-refractivity contribution in [1.82, 2.24) is 0 Å². The molecule has 2 N–H and O–H groups in total.